The summed E-state index contributed by atoms with van der Waals surface area (Å²) in [6.07, 6.45) is 3.75. The minimum Gasteiger partial charge on any atom is -0.383 e. The molecular formula is C28H25N7O2. The molecule has 1 aliphatic heterocycles. The zero-order valence-corrected chi connectivity index (χ0v) is 20.5. The van der Waals surface area contributed by atoms with Crippen molar-refractivity contribution in [3.05, 3.63) is 93.3 Å². The number of para-hydroxylation sites is 1. The summed E-state index contributed by atoms with van der Waals surface area (Å²) in [5.41, 5.74) is 11.3. The molecule has 6 rings (SSSR count). The number of anilines is 1. The van der Waals surface area contributed by atoms with Gasteiger partial charge in [-0.2, -0.15) is 5.10 Å². The average molecular weight is 492 g/mol. The number of nitrogen functional groups attached to an aromatic ring is 1. The van der Waals surface area contributed by atoms with E-state index in [-0.39, 0.29) is 23.8 Å². The van der Waals surface area contributed by atoms with Gasteiger partial charge in [-0.3, -0.25) is 14.2 Å². The molecule has 37 heavy (non-hydrogen) atoms. The molecule has 3 N–H and O–H groups in total. The molecule has 4 heterocycles. The van der Waals surface area contributed by atoms with Crippen molar-refractivity contribution in [3.8, 4) is 5.69 Å². The maximum Gasteiger partial charge on any atom is 0.263 e. The van der Waals surface area contributed by atoms with Crippen molar-refractivity contribution in [2.45, 2.75) is 26.8 Å². The van der Waals surface area contributed by atoms with Gasteiger partial charge in [0.15, 0.2) is 5.65 Å². The fourth-order valence-electron chi connectivity index (χ4n) is 5.05. The molecule has 2 aromatic carbocycles. The van der Waals surface area contributed by atoms with Crippen molar-refractivity contribution in [1.82, 2.24) is 29.6 Å². The van der Waals surface area contributed by atoms with Gasteiger partial charge in [-0.15, -0.1) is 0 Å². The van der Waals surface area contributed by atoms with Crippen LogP contribution in [0.4, 0.5) is 5.82 Å². The highest BCUT2D eigenvalue weighted by atomic mass is 16.2. The van der Waals surface area contributed by atoms with Gasteiger partial charge in [-0.25, -0.2) is 14.6 Å². The minimum absolute atomic E-state index is 0.0875. The van der Waals surface area contributed by atoms with Gasteiger partial charge in [0.1, 0.15) is 12.1 Å². The van der Waals surface area contributed by atoms with Crippen LogP contribution in [0.15, 0.2) is 65.2 Å². The summed E-state index contributed by atoms with van der Waals surface area (Å²) in [5, 5.41) is 9.73. The van der Waals surface area contributed by atoms with E-state index in [0.29, 0.717) is 40.7 Å². The molecule has 9 nitrogen and oxygen atoms in total. The van der Waals surface area contributed by atoms with Gasteiger partial charge in [0, 0.05) is 17.8 Å². The Kier molecular flexibility index (Phi) is 5.33. The van der Waals surface area contributed by atoms with E-state index < -0.39 is 0 Å². The molecule has 0 bridgehead atoms. The van der Waals surface area contributed by atoms with Crippen molar-refractivity contribution in [2.24, 2.45) is 0 Å². The van der Waals surface area contributed by atoms with Gasteiger partial charge in [0.2, 0.25) is 5.91 Å². The molecule has 1 aliphatic rings. The van der Waals surface area contributed by atoms with Crippen molar-refractivity contribution < 1.29 is 4.79 Å². The molecule has 0 atom stereocenters. The Balaban J connectivity index is 1.59. The van der Waals surface area contributed by atoms with Crippen LogP contribution < -0.4 is 16.6 Å². The van der Waals surface area contributed by atoms with E-state index in [1.807, 2.05) is 62.4 Å². The Labute approximate surface area is 212 Å². The SMILES string of the molecule is Cc1ccccc1-n1c(Cn2nc(/C=C3/CCNC3=O)c3c(N)ncnc32)cc2cccc(C)c2c1=O. The van der Waals surface area contributed by atoms with Crippen LogP contribution >= 0.6 is 0 Å². The number of hydrogen-bond acceptors (Lipinski definition) is 6. The first kappa shape index (κ1) is 22.7. The van der Waals surface area contributed by atoms with Crippen LogP contribution in [-0.2, 0) is 11.3 Å². The molecule has 0 saturated carbocycles. The van der Waals surface area contributed by atoms with Crippen molar-refractivity contribution in [2.75, 3.05) is 12.3 Å². The molecule has 184 valence electrons. The quantitative estimate of drug-likeness (QED) is 0.372. The molecule has 0 unspecified atom stereocenters. The van der Waals surface area contributed by atoms with Crippen LogP contribution in [0.5, 0.6) is 0 Å². The van der Waals surface area contributed by atoms with Crippen LogP contribution in [0.25, 0.3) is 33.6 Å². The number of amides is 1. The largest absolute Gasteiger partial charge is 0.383 e. The van der Waals surface area contributed by atoms with Gasteiger partial charge >= 0.3 is 0 Å². The van der Waals surface area contributed by atoms with Crippen LogP contribution in [0, 0.1) is 13.8 Å². The van der Waals surface area contributed by atoms with Crippen molar-refractivity contribution in [1.29, 1.82) is 0 Å². The highest BCUT2D eigenvalue weighted by Gasteiger charge is 2.21. The number of fused-ring (bicyclic) bond motifs is 2. The number of nitrogens with one attached hydrogen (secondary N) is 1. The summed E-state index contributed by atoms with van der Waals surface area (Å²) in [6.45, 7) is 4.79. The second-order valence-corrected chi connectivity index (χ2v) is 9.28. The second-order valence-electron chi connectivity index (χ2n) is 9.28. The van der Waals surface area contributed by atoms with Gasteiger partial charge < -0.3 is 11.1 Å². The third kappa shape index (κ3) is 3.76. The second kappa shape index (κ2) is 8.70. The third-order valence-electron chi connectivity index (χ3n) is 6.87. The van der Waals surface area contributed by atoms with E-state index in [9.17, 15) is 9.59 Å². The maximum atomic E-state index is 13.9. The molecule has 1 saturated heterocycles. The summed E-state index contributed by atoms with van der Waals surface area (Å²) in [5.74, 6) is 0.170. The monoisotopic (exact) mass is 491 g/mol. The summed E-state index contributed by atoms with van der Waals surface area (Å²) in [4.78, 5) is 34.8. The Morgan fingerprint density at radius 2 is 1.84 bits per heavy atom. The normalized spacial score (nSPS) is 14.6. The number of nitrogens with two attached hydrogens (primary N) is 1. The molecular weight excluding hydrogens is 466 g/mol. The van der Waals surface area contributed by atoms with Crippen LogP contribution in [0.1, 0.15) is 28.9 Å². The minimum atomic E-state index is -0.114. The zero-order chi connectivity index (χ0) is 25.7. The fourth-order valence-corrected chi connectivity index (χ4v) is 5.05. The lowest BCUT2D eigenvalue weighted by molar-refractivity contribution is -0.116. The highest BCUT2D eigenvalue weighted by molar-refractivity contribution is 6.02. The predicted octanol–water partition coefficient (Wildman–Crippen LogP) is 3.28. The number of nitrogens with zero attached hydrogens (tertiary/aromatic N) is 5. The van der Waals surface area contributed by atoms with E-state index in [1.54, 1.807) is 15.3 Å². The Hall–Kier alpha value is -4.79. The van der Waals surface area contributed by atoms with Crippen molar-refractivity contribution >= 4 is 39.6 Å². The maximum absolute atomic E-state index is 13.9. The van der Waals surface area contributed by atoms with E-state index >= 15 is 0 Å². The first-order valence-corrected chi connectivity index (χ1v) is 12.1. The Morgan fingerprint density at radius 1 is 1.03 bits per heavy atom. The number of aryl methyl sites for hydroxylation is 2. The molecule has 0 radical (unpaired) electrons. The lowest BCUT2D eigenvalue weighted by Crippen LogP contribution is -2.25. The average Bonchev–Trinajstić information content (AvgIpc) is 3.44. The standard InChI is InChI=1S/C28H25N7O2/c1-16-6-3-4-9-22(16)35-20(12-18-8-5-7-17(2)23(18)28(35)37)14-34-26-24(25(29)31-15-32-26)21(33-34)13-19-10-11-30-27(19)36/h3-9,12-13,15H,10-11,14H2,1-2H3,(H,30,36)(H2,29,31,32)/b19-13-. The van der Waals surface area contributed by atoms with Crippen LogP contribution in [0.2, 0.25) is 0 Å². The van der Waals surface area contributed by atoms with E-state index in [0.717, 1.165) is 27.9 Å². The Morgan fingerprint density at radius 3 is 2.62 bits per heavy atom. The van der Waals surface area contributed by atoms with E-state index in [2.05, 4.69) is 15.3 Å². The first-order chi connectivity index (χ1) is 17.9. The van der Waals surface area contributed by atoms with Gasteiger partial charge in [0.25, 0.3) is 5.56 Å². The fraction of sp³-hybridized carbons (Fsp3) is 0.179. The molecule has 1 fully saturated rings. The predicted molar refractivity (Wildman–Crippen MR) is 143 cm³/mol. The number of aromatic nitrogens is 5. The highest BCUT2D eigenvalue weighted by Crippen LogP contribution is 2.27. The van der Waals surface area contributed by atoms with Crippen LogP contribution in [0.3, 0.4) is 0 Å². The van der Waals surface area contributed by atoms with Gasteiger partial charge in [-0.1, -0.05) is 36.4 Å². The van der Waals surface area contributed by atoms with Gasteiger partial charge in [-0.05, 0) is 55.0 Å². The number of hydrogen-bond donors (Lipinski definition) is 2. The lowest BCUT2D eigenvalue weighted by Gasteiger charge is -2.17. The molecule has 0 spiro atoms. The van der Waals surface area contributed by atoms with Crippen LogP contribution in [-0.4, -0.2) is 36.8 Å². The number of rotatable bonds is 4. The summed E-state index contributed by atoms with van der Waals surface area (Å²) in [7, 11) is 0. The molecule has 5 aromatic rings. The molecule has 1 amide bonds. The number of benzene rings is 2. The molecule has 3 aromatic heterocycles. The number of carbonyl (C=O) groups is 1. The first-order valence-electron chi connectivity index (χ1n) is 12.1. The zero-order valence-electron chi connectivity index (χ0n) is 20.5. The summed E-state index contributed by atoms with van der Waals surface area (Å²) >= 11 is 0. The smallest absolute Gasteiger partial charge is 0.263 e. The van der Waals surface area contributed by atoms with E-state index in [1.165, 1.54) is 6.33 Å². The number of carbonyl (C=O) groups excluding carboxylic acids is 1. The molecule has 9 heteroatoms. The summed E-state index contributed by atoms with van der Waals surface area (Å²) in [6, 6.07) is 15.7. The van der Waals surface area contributed by atoms with Gasteiger partial charge in [0.05, 0.1) is 28.7 Å². The van der Waals surface area contributed by atoms with E-state index in [4.69, 9.17) is 10.8 Å². The third-order valence-corrected chi connectivity index (χ3v) is 6.87. The lowest BCUT2D eigenvalue weighted by atomic mass is 10.1. The Bertz CT molecular complexity index is 1810. The topological polar surface area (TPSA) is 121 Å². The number of pyridine rings is 1. The van der Waals surface area contributed by atoms with Crippen molar-refractivity contribution in [3.63, 3.8) is 0 Å². The molecule has 0 aliphatic carbocycles. The summed E-state index contributed by atoms with van der Waals surface area (Å²) < 4.78 is 3.48.